The van der Waals surface area contributed by atoms with Crippen LogP contribution in [0.1, 0.15) is 52.0 Å². The molecule has 4 rings (SSSR count). The van der Waals surface area contributed by atoms with Gasteiger partial charge >= 0.3 is 6.61 Å². The summed E-state index contributed by atoms with van der Waals surface area (Å²) < 4.78 is 34.6. The van der Waals surface area contributed by atoms with E-state index in [-0.39, 0.29) is 35.4 Å². The van der Waals surface area contributed by atoms with Gasteiger partial charge in [-0.15, -0.1) is 0 Å². The third kappa shape index (κ3) is 4.60. The molecular weight excluding hydrogens is 418 g/mol. The molecule has 2 atom stereocenters. The Morgan fingerprint density at radius 3 is 2.44 bits per heavy atom. The van der Waals surface area contributed by atoms with Crippen LogP contribution in [0.5, 0.6) is 11.5 Å². The second kappa shape index (κ2) is 9.65. The van der Waals surface area contributed by atoms with Crippen LogP contribution in [0.4, 0.5) is 8.78 Å². The Morgan fingerprint density at radius 1 is 1.06 bits per heavy atom. The monoisotopic (exact) mass is 444 g/mol. The van der Waals surface area contributed by atoms with Gasteiger partial charge in [-0.25, -0.2) is 0 Å². The van der Waals surface area contributed by atoms with Gasteiger partial charge in [0.2, 0.25) is 0 Å². The fourth-order valence-electron chi connectivity index (χ4n) is 4.60. The number of imide groups is 1. The summed E-state index contributed by atoms with van der Waals surface area (Å²) in [5.74, 6) is -0.120. The summed E-state index contributed by atoms with van der Waals surface area (Å²) in [7, 11) is 1.41. The molecule has 32 heavy (non-hydrogen) atoms. The van der Waals surface area contributed by atoms with Crippen LogP contribution in [0.2, 0.25) is 0 Å². The highest BCUT2D eigenvalue weighted by atomic mass is 19.3. The van der Waals surface area contributed by atoms with Gasteiger partial charge in [-0.05, 0) is 68.5 Å². The zero-order valence-corrected chi connectivity index (χ0v) is 17.9. The molecule has 1 saturated carbocycles. The number of carbonyl (C=O) groups excluding carboxylic acids is 2. The number of alkyl halides is 2. The van der Waals surface area contributed by atoms with Crippen molar-refractivity contribution in [2.45, 2.75) is 50.8 Å². The third-order valence-corrected chi connectivity index (χ3v) is 6.13. The lowest BCUT2D eigenvalue weighted by Gasteiger charge is -2.34. The van der Waals surface area contributed by atoms with E-state index in [1.807, 2.05) is 0 Å². The number of carbonyl (C=O) groups is 2. The van der Waals surface area contributed by atoms with Crippen molar-refractivity contribution in [1.82, 2.24) is 10.2 Å². The van der Waals surface area contributed by atoms with E-state index in [4.69, 9.17) is 4.74 Å². The number of benzene rings is 2. The van der Waals surface area contributed by atoms with Gasteiger partial charge in [0.15, 0.2) is 11.5 Å². The van der Waals surface area contributed by atoms with E-state index in [1.165, 1.54) is 18.1 Å². The largest absolute Gasteiger partial charge is 0.493 e. The third-order valence-electron chi connectivity index (χ3n) is 6.13. The first-order chi connectivity index (χ1) is 15.5. The number of rotatable bonds is 8. The maximum absolute atomic E-state index is 12.8. The molecule has 2 aromatic carbocycles. The molecule has 0 unspecified atom stereocenters. The lowest BCUT2D eigenvalue weighted by atomic mass is 9.89. The van der Waals surface area contributed by atoms with Crippen LogP contribution in [0, 0.1) is 0 Å². The molecule has 2 amide bonds. The fraction of sp³-hybridized carbons (Fsp3) is 0.417. The molecule has 0 radical (unpaired) electrons. The maximum atomic E-state index is 12.8. The van der Waals surface area contributed by atoms with E-state index >= 15 is 0 Å². The number of amides is 2. The minimum Gasteiger partial charge on any atom is -0.493 e. The highest BCUT2D eigenvalue weighted by Gasteiger charge is 2.41. The zero-order valence-electron chi connectivity index (χ0n) is 17.9. The van der Waals surface area contributed by atoms with Crippen LogP contribution < -0.4 is 14.8 Å². The Balaban J connectivity index is 1.33. The summed E-state index contributed by atoms with van der Waals surface area (Å²) in [4.78, 5) is 27.0. The maximum Gasteiger partial charge on any atom is 0.387 e. The van der Waals surface area contributed by atoms with Crippen LogP contribution in [-0.4, -0.2) is 49.1 Å². The van der Waals surface area contributed by atoms with Crippen LogP contribution in [-0.2, 0) is 6.42 Å². The number of ether oxygens (including phenoxy) is 2. The van der Waals surface area contributed by atoms with Gasteiger partial charge in [0.25, 0.3) is 11.8 Å². The quantitative estimate of drug-likeness (QED) is 0.623. The number of hydrogen-bond donors (Lipinski definition) is 1. The molecule has 6 nitrogen and oxygen atoms in total. The Labute approximate surface area is 185 Å². The van der Waals surface area contributed by atoms with E-state index in [2.05, 4.69) is 10.1 Å². The van der Waals surface area contributed by atoms with Gasteiger partial charge in [0, 0.05) is 12.1 Å². The average molecular weight is 444 g/mol. The second-order valence-electron chi connectivity index (χ2n) is 8.11. The molecule has 0 aromatic heterocycles. The fourth-order valence-corrected chi connectivity index (χ4v) is 4.60. The van der Waals surface area contributed by atoms with E-state index in [1.54, 1.807) is 36.4 Å². The molecular formula is C24H26F2N2O4. The van der Waals surface area contributed by atoms with Crippen LogP contribution in [0.3, 0.4) is 0 Å². The molecule has 1 aliphatic carbocycles. The van der Waals surface area contributed by atoms with Crippen molar-refractivity contribution in [3.05, 3.63) is 59.2 Å². The highest BCUT2D eigenvalue weighted by Crippen LogP contribution is 2.32. The minimum atomic E-state index is -2.90. The van der Waals surface area contributed by atoms with Gasteiger partial charge in [0.1, 0.15) is 0 Å². The van der Waals surface area contributed by atoms with Crippen LogP contribution >= 0.6 is 0 Å². The summed E-state index contributed by atoms with van der Waals surface area (Å²) in [6.07, 6.45) is 4.12. The number of hydrogen-bond acceptors (Lipinski definition) is 5. The molecule has 1 fully saturated rings. The SMILES string of the molecule is COc1cc(CCN[C@H]2CCC[C@H](N3C(=O)c4ccccc4C3=O)C2)ccc1OC(F)F. The number of fused-ring (bicyclic) bond motifs is 1. The van der Waals surface area contributed by atoms with Gasteiger partial charge in [0.05, 0.1) is 18.2 Å². The molecule has 1 aliphatic heterocycles. The molecule has 0 bridgehead atoms. The number of halogens is 2. The van der Waals surface area contributed by atoms with Crippen LogP contribution in [0.15, 0.2) is 42.5 Å². The summed E-state index contributed by atoms with van der Waals surface area (Å²) >= 11 is 0. The topological polar surface area (TPSA) is 67.9 Å². The van der Waals surface area contributed by atoms with Gasteiger partial charge in [-0.2, -0.15) is 8.78 Å². The molecule has 170 valence electrons. The van der Waals surface area contributed by atoms with Crippen molar-refractivity contribution in [2.75, 3.05) is 13.7 Å². The molecule has 0 spiro atoms. The van der Waals surface area contributed by atoms with E-state index in [0.717, 1.165) is 31.2 Å². The summed E-state index contributed by atoms with van der Waals surface area (Å²) in [6, 6.07) is 12.0. The summed E-state index contributed by atoms with van der Waals surface area (Å²) in [6.45, 7) is -2.23. The van der Waals surface area contributed by atoms with E-state index < -0.39 is 6.61 Å². The van der Waals surface area contributed by atoms with Crippen molar-refractivity contribution >= 4 is 11.8 Å². The number of nitrogens with one attached hydrogen (secondary N) is 1. The van der Waals surface area contributed by atoms with Crippen molar-refractivity contribution in [3.63, 3.8) is 0 Å². The van der Waals surface area contributed by atoms with Crippen molar-refractivity contribution in [1.29, 1.82) is 0 Å². The molecule has 0 saturated heterocycles. The smallest absolute Gasteiger partial charge is 0.387 e. The predicted octanol–water partition coefficient (Wildman–Crippen LogP) is 4.04. The van der Waals surface area contributed by atoms with Crippen molar-refractivity contribution < 1.29 is 27.8 Å². The average Bonchev–Trinajstić information content (AvgIpc) is 3.05. The first-order valence-corrected chi connectivity index (χ1v) is 10.8. The highest BCUT2D eigenvalue weighted by molar-refractivity contribution is 6.21. The van der Waals surface area contributed by atoms with Crippen molar-refractivity contribution in [2.24, 2.45) is 0 Å². The molecule has 1 N–H and O–H groups in total. The Morgan fingerprint density at radius 2 is 1.78 bits per heavy atom. The summed E-state index contributed by atoms with van der Waals surface area (Å²) in [5, 5.41) is 3.52. The minimum absolute atomic E-state index is 0.00951. The number of methoxy groups -OCH3 is 1. The number of nitrogens with zero attached hydrogens (tertiary/aromatic N) is 1. The second-order valence-corrected chi connectivity index (χ2v) is 8.11. The lowest BCUT2D eigenvalue weighted by molar-refractivity contribution is -0.0512. The Bertz CT molecular complexity index is 963. The van der Waals surface area contributed by atoms with Crippen LogP contribution in [0.25, 0.3) is 0 Å². The molecule has 2 aliphatic rings. The Hall–Kier alpha value is -3.00. The molecule has 8 heteroatoms. The van der Waals surface area contributed by atoms with E-state index in [0.29, 0.717) is 24.1 Å². The van der Waals surface area contributed by atoms with Gasteiger partial charge < -0.3 is 14.8 Å². The Kier molecular flexibility index (Phi) is 6.69. The van der Waals surface area contributed by atoms with Gasteiger partial charge in [-0.3, -0.25) is 14.5 Å². The van der Waals surface area contributed by atoms with E-state index in [9.17, 15) is 18.4 Å². The molecule has 2 aromatic rings. The standard InChI is InChI=1S/C24H26F2N2O4/c1-31-21-13-15(9-10-20(21)32-24(25)26)11-12-27-16-5-4-6-17(14-16)28-22(29)18-7-2-3-8-19(18)23(28)30/h2-3,7-10,13,16-17,24,27H,4-6,11-12,14H2,1H3/t16-,17-/m0/s1. The normalized spacial score (nSPS) is 20.6. The lowest BCUT2D eigenvalue weighted by Crippen LogP contribution is -2.47. The molecule has 1 heterocycles. The predicted molar refractivity (Wildman–Crippen MR) is 114 cm³/mol. The summed E-state index contributed by atoms with van der Waals surface area (Å²) in [5.41, 5.74) is 1.91. The first kappa shape index (κ1) is 22.2. The van der Waals surface area contributed by atoms with Crippen molar-refractivity contribution in [3.8, 4) is 11.5 Å². The zero-order chi connectivity index (χ0) is 22.7. The van der Waals surface area contributed by atoms with Gasteiger partial charge in [-0.1, -0.05) is 18.2 Å². The first-order valence-electron chi connectivity index (χ1n) is 10.8.